The fourth-order valence-corrected chi connectivity index (χ4v) is 1.80. The highest BCUT2D eigenvalue weighted by Gasteiger charge is 2.00. The number of aromatic carboxylic acids is 1. The van der Waals surface area contributed by atoms with Crippen molar-refractivity contribution in [2.24, 2.45) is 5.16 Å². The van der Waals surface area contributed by atoms with Crippen LogP contribution in [0.3, 0.4) is 0 Å². The Morgan fingerprint density at radius 3 is 2.46 bits per heavy atom. The Morgan fingerprint density at radius 1 is 1.25 bits per heavy atom. The second-order valence-corrected chi connectivity index (χ2v) is 5.78. The normalized spacial score (nSPS) is 10.4. The molecule has 0 aromatic heterocycles. The Bertz CT molecular complexity index is 685. The molecule has 3 N–H and O–H groups in total. The van der Waals surface area contributed by atoms with E-state index in [0.717, 1.165) is 5.56 Å². The van der Waals surface area contributed by atoms with E-state index in [0.29, 0.717) is 16.6 Å². The first kappa shape index (κ1) is 19.7. The molecular formula is C18H21ClN2O3. The lowest BCUT2D eigenvalue weighted by Gasteiger charge is -2.06. The van der Waals surface area contributed by atoms with E-state index in [4.69, 9.17) is 16.4 Å². The quantitative estimate of drug-likeness (QED) is 0.661. The summed E-state index contributed by atoms with van der Waals surface area (Å²) in [5.41, 5.74) is 4.93. The molecule has 0 unspecified atom stereocenters. The molecule has 0 saturated heterocycles. The molecule has 5 nitrogen and oxygen atoms in total. The minimum atomic E-state index is -1.25. The van der Waals surface area contributed by atoms with E-state index in [2.05, 4.69) is 24.7 Å². The van der Waals surface area contributed by atoms with Gasteiger partial charge in [0, 0.05) is 21.7 Å². The lowest BCUT2D eigenvalue weighted by atomic mass is 10.1. The van der Waals surface area contributed by atoms with Gasteiger partial charge in [0.25, 0.3) is 0 Å². The molecular weight excluding hydrogens is 328 g/mol. The van der Waals surface area contributed by atoms with Gasteiger partial charge in [0.1, 0.15) is 6.61 Å². The minimum absolute atomic E-state index is 0.0672. The van der Waals surface area contributed by atoms with Crippen molar-refractivity contribution >= 4 is 23.8 Å². The summed E-state index contributed by atoms with van der Waals surface area (Å²) in [6.45, 7) is 4.32. The van der Waals surface area contributed by atoms with Crippen molar-refractivity contribution in [3.63, 3.8) is 0 Å². The van der Waals surface area contributed by atoms with Crippen LogP contribution in [0.1, 0.15) is 35.3 Å². The molecule has 0 aliphatic rings. The average molecular weight is 349 g/mol. The topological polar surface area (TPSA) is 89.4 Å². The van der Waals surface area contributed by atoms with Crippen LogP contribution in [0.2, 0.25) is 5.02 Å². The Balaban J connectivity index is 0.000000648. The van der Waals surface area contributed by atoms with Crippen LogP contribution in [0.15, 0.2) is 53.7 Å². The number of oxime groups is 1. The zero-order chi connectivity index (χ0) is 17.9. The molecule has 0 amide bonds. The van der Waals surface area contributed by atoms with Gasteiger partial charge in [0.2, 0.25) is 0 Å². The number of carbonyl (C=O) groups is 1. The van der Waals surface area contributed by atoms with E-state index < -0.39 is 5.97 Å². The molecule has 0 spiro atoms. The Morgan fingerprint density at radius 2 is 1.83 bits per heavy atom. The first-order valence-corrected chi connectivity index (χ1v) is 7.81. The third-order valence-corrected chi connectivity index (χ3v) is 2.99. The molecule has 6 heteroatoms. The van der Waals surface area contributed by atoms with Crippen LogP contribution in [0, 0.1) is 0 Å². The van der Waals surface area contributed by atoms with Gasteiger partial charge in [0.05, 0.1) is 18.2 Å². The molecule has 0 atom stereocenters. The van der Waals surface area contributed by atoms with Gasteiger partial charge in [-0.05, 0) is 19.9 Å². The van der Waals surface area contributed by atoms with Crippen LogP contribution in [-0.2, 0) is 11.4 Å². The fraction of sp³-hybridized carbons (Fsp3) is 0.222. The number of carbonyl (C=O) groups excluding carboxylic acids is 1. The molecule has 0 aliphatic carbocycles. The summed E-state index contributed by atoms with van der Waals surface area (Å²) < 4.78 is 0. The lowest BCUT2D eigenvalue weighted by molar-refractivity contribution is -0.407. The molecule has 2 rings (SSSR count). The van der Waals surface area contributed by atoms with Crippen molar-refractivity contribution in [3.05, 3.63) is 70.2 Å². The molecule has 0 radical (unpaired) electrons. The summed E-state index contributed by atoms with van der Waals surface area (Å²) in [4.78, 5) is 16.0. The van der Waals surface area contributed by atoms with E-state index in [1.807, 2.05) is 18.2 Å². The molecule has 24 heavy (non-hydrogen) atoms. The number of carboxylic acid groups (broad SMARTS) is 1. The van der Waals surface area contributed by atoms with Crippen molar-refractivity contribution in [2.75, 3.05) is 0 Å². The van der Waals surface area contributed by atoms with Crippen LogP contribution in [0.4, 0.5) is 0 Å². The highest BCUT2D eigenvalue weighted by atomic mass is 35.5. The molecule has 0 heterocycles. The largest absolute Gasteiger partial charge is 0.545 e. The van der Waals surface area contributed by atoms with Gasteiger partial charge >= 0.3 is 0 Å². The maximum atomic E-state index is 10.9. The van der Waals surface area contributed by atoms with Gasteiger partial charge in [-0.3, -0.25) is 0 Å². The highest BCUT2D eigenvalue weighted by molar-refractivity contribution is 6.31. The summed E-state index contributed by atoms with van der Waals surface area (Å²) in [6.07, 6.45) is 1.34. The Hall–Kier alpha value is -2.37. The number of hydrogen-bond donors (Lipinski definition) is 1. The maximum Gasteiger partial charge on any atom is 0.143 e. The van der Waals surface area contributed by atoms with E-state index in [1.165, 1.54) is 12.3 Å². The van der Waals surface area contributed by atoms with Crippen LogP contribution in [0.5, 0.6) is 0 Å². The minimum Gasteiger partial charge on any atom is -0.545 e. The van der Waals surface area contributed by atoms with E-state index >= 15 is 0 Å². The van der Waals surface area contributed by atoms with E-state index in [1.54, 1.807) is 24.3 Å². The van der Waals surface area contributed by atoms with E-state index in [9.17, 15) is 9.90 Å². The number of hydrogen-bond acceptors (Lipinski definition) is 4. The van der Waals surface area contributed by atoms with Crippen molar-refractivity contribution in [2.45, 2.75) is 26.5 Å². The van der Waals surface area contributed by atoms with Gasteiger partial charge in [-0.15, -0.1) is 0 Å². The molecule has 0 saturated carbocycles. The first-order valence-electron chi connectivity index (χ1n) is 7.44. The zero-order valence-corrected chi connectivity index (χ0v) is 14.5. The molecule has 2 aromatic rings. The number of carboxylic acids is 1. The number of halogens is 1. The monoisotopic (exact) mass is 348 g/mol. The number of nitrogens with zero attached hydrogens (tertiary/aromatic N) is 1. The summed E-state index contributed by atoms with van der Waals surface area (Å²) in [5, 5.41) is 15.2. The smallest absolute Gasteiger partial charge is 0.143 e. The Kier molecular flexibility index (Phi) is 8.54. The van der Waals surface area contributed by atoms with Gasteiger partial charge in [-0.25, -0.2) is 0 Å². The molecule has 0 aliphatic heterocycles. The lowest BCUT2D eigenvalue weighted by Crippen LogP contribution is -2.57. The summed E-state index contributed by atoms with van der Waals surface area (Å²) in [5.74, 6) is -1.25. The molecule has 2 aromatic carbocycles. The fourth-order valence-electron chi connectivity index (χ4n) is 1.61. The van der Waals surface area contributed by atoms with Crippen LogP contribution >= 0.6 is 11.6 Å². The van der Waals surface area contributed by atoms with Gasteiger partial charge in [0.15, 0.2) is 0 Å². The molecule has 0 fully saturated rings. The molecule has 128 valence electrons. The van der Waals surface area contributed by atoms with Crippen LogP contribution in [-0.4, -0.2) is 18.2 Å². The summed E-state index contributed by atoms with van der Waals surface area (Å²) in [6, 6.07) is 14.2. The highest BCUT2D eigenvalue weighted by Crippen LogP contribution is 2.15. The second kappa shape index (κ2) is 10.4. The predicted octanol–water partition coefficient (Wildman–Crippen LogP) is 1.89. The maximum absolute atomic E-state index is 10.9. The summed E-state index contributed by atoms with van der Waals surface area (Å²) >= 11 is 5.97. The van der Waals surface area contributed by atoms with E-state index in [-0.39, 0.29) is 12.2 Å². The SMILES string of the molecule is CC(C)[NH3+].O=C([O-])c1ccccc1/C=N/OCc1ccccc1Cl. The standard InChI is InChI=1S/C15H12ClNO3.C3H9N/c16-14-8-4-2-6-12(14)10-20-17-9-11-5-1-3-7-13(11)15(18)19;1-3(2)4/h1-9H,10H2,(H,18,19);3H,4H2,1-2H3/b17-9+;. The number of quaternary nitrogens is 1. The number of benzene rings is 2. The van der Waals surface area contributed by atoms with Gasteiger partial charge in [-0.1, -0.05) is 59.2 Å². The summed E-state index contributed by atoms with van der Waals surface area (Å²) in [7, 11) is 0. The third kappa shape index (κ3) is 7.26. The van der Waals surface area contributed by atoms with Gasteiger partial charge in [-0.2, -0.15) is 0 Å². The van der Waals surface area contributed by atoms with Crippen molar-refractivity contribution in [1.82, 2.24) is 0 Å². The van der Waals surface area contributed by atoms with Crippen LogP contribution in [0.25, 0.3) is 0 Å². The number of rotatable bonds is 5. The first-order chi connectivity index (χ1) is 11.4. The predicted molar refractivity (Wildman–Crippen MR) is 92.6 cm³/mol. The third-order valence-electron chi connectivity index (χ3n) is 2.62. The van der Waals surface area contributed by atoms with Gasteiger partial charge < -0.3 is 20.5 Å². The van der Waals surface area contributed by atoms with Crippen molar-refractivity contribution in [3.8, 4) is 0 Å². The molecule has 0 bridgehead atoms. The second-order valence-electron chi connectivity index (χ2n) is 5.37. The average Bonchev–Trinajstić information content (AvgIpc) is 2.53. The van der Waals surface area contributed by atoms with Crippen molar-refractivity contribution in [1.29, 1.82) is 0 Å². The zero-order valence-electron chi connectivity index (χ0n) is 13.7. The van der Waals surface area contributed by atoms with Crippen LogP contribution < -0.4 is 10.8 Å². The Labute approximate surface area is 146 Å². The van der Waals surface area contributed by atoms with Crippen molar-refractivity contribution < 1.29 is 20.5 Å².